The second-order valence-corrected chi connectivity index (χ2v) is 19.5. The standard InChI is InChI=1S/C63H112O5/c1-4-7-10-13-16-19-22-25-28-31-32-34-35-38-41-44-47-50-53-56-62(64)67-60-61(59-66-58-55-52-49-46-43-40-37-30-27-24-21-18-15-12-9-6-3)68-63(65)57-54-51-48-45-42-39-36-33-29-26-23-20-17-14-11-8-5-2/h8,11,17,20,25-26,28-29,36,39,45,48,61H,4-7,9-10,12-16,18-19,21-24,27,30-35,37-38,40-44,46-47,49-60H2,1-3H3/b11-8-,20-17-,28-25-,29-26-,39-36-,48-45-/t61-/m1/s1. The van der Waals surface area contributed by atoms with Gasteiger partial charge in [0.05, 0.1) is 6.61 Å². The molecule has 0 spiro atoms. The van der Waals surface area contributed by atoms with E-state index in [1.54, 1.807) is 0 Å². The first-order valence-electron chi connectivity index (χ1n) is 29.5. The minimum atomic E-state index is -0.567. The maximum Gasteiger partial charge on any atom is 0.306 e. The molecule has 0 saturated heterocycles. The third kappa shape index (κ3) is 55.9. The number of rotatable bonds is 54. The molecule has 0 aliphatic carbocycles. The van der Waals surface area contributed by atoms with Gasteiger partial charge in [0.1, 0.15) is 6.61 Å². The van der Waals surface area contributed by atoms with Crippen LogP contribution in [0.2, 0.25) is 0 Å². The van der Waals surface area contributed by atoms with Crippen molar-refractivity contribution in [1.29, 1.82) is 0 Å². The summed E-state index contributed by atoms with van der Waals surface area (Å²) in [6, 6.07) is 0. The highest BCUT2D eigenvalue weighted by Gasteiger charge is 2.17. The van der Waals surface area contributed by atoms with Crippen molar-refractivity contribution in [2.24, 2.45) is 0 Å². The van der Waals surface area contributed by atoms with Crippen LogP contribution in [0.15, 0.2) is 72.9 Å². The average Bonchev–Trinajstić information content (AvgIpc) is 3.34. The summed E-state index contributed by atoms with van der Waals surface area (Å²) in [5.41, 5.74) is 0. The molecule has 0 aliphatic rings. The molecule has 0 heterocycles. The molecule has 394 valence electrons. The van der Waals surface area contributed by atoms with Crippen molar-refractivity contribution in [1.82, 2.24) is 0 Å². The van der Waals surface area contributed by atoms with Gasteiger partial charge in [0.25, 0.3) is 0 Å². The van der Waals surface area contributed by atoms with E-state index >= 15 is 0 Å². The number of hydrogen-bond acceptors (Lipinski definition) is 5. The van der Waals surface area contributed by atoms with Crippen LogP contribution in [0.5, 0.6) is 0 Å². The molecule has 5 heteroatoms. The van der Waals surface area contributed by atoms with Crippen LogP contribution in [0.4, 0.5) is 0 Å². The third-order valence-corrected chi connectivity index (χ3v) is 12.7. The Hall–Kier alpha value is -2.66. The lowest BCUT2D eigenvalue weighted by Crippen LogP contribution is -2.30. The van der Waals surface area contributed by atoms with Crippen molar-refractivity contribution in [3.05, 3.63) is 72.9 Å². The van der Waals surface area contributed by atoms with Gasteiger partial charge < -0.3 is 14.2 Å². The van der Waals surface area contributed by atoms with E-state index in [2.05, 4.69) is 93.7 Å². The summed E-state index contributed by atoms with van der Waals surface area (Å²) in [5, 5.41) is 0. The minimum Gasteiger partial charge on any atom is -0.462 e. The van der Waals surface area contributed by atoms with Gasteiger partial charge in [-0.1, -0.05) is 267 Å². The maximum atomic E-state index is 12.8. The molecule has 0 aromatic carbocycles. The Morgan fingerprint density at radius 2 is 0.676 bits per heavy atom. The summed E-state index contributed by atoms with van der Waals surface area (Å²) in [5.74, 6) is -0.455. The Morgan fingerprint density at radius 1 is 0.338 bits per heavy atom. The summed E-state index contributed by atoms with van der Waals surface area (Å²) in [6.45, 7) is 7.69. The quantitative estimate of drug-likeness (QED) is 0.0345. The molecular formula is C63H112O5. The lowest BCUT2D eigenvalue weighted by Gasteiger charge is -2.18. The first kappa shape index (κ1) is 65.3. The van der Waals surface area contributed by atoms with Crippen LogP contribution in [0.1, 0.15) is 290 Å². The highest BCUT2D eigenvalue weighted by Crippen LogP contribution is 2.16. The number of unbranched alkanes of at least 4 members (excludes halogenated alkanes) is 31. The van der Waals surface area contributed by atoms with Gasteiger partial charge in [0.15, 0.2) is 6.10 Å². The van der Waals surface area contributed by atoms with E-state index in [9.17, 15) is 9.59 Å². The molecule has 0 amide bonds. The van der Waals surface area contributed by atoms with Crippen LogP contribution in [-0.2, 0) is 23.8 Å². The van der Waals surface area contributed by atoms with E-state index in [4.69, 9.17) is 14.2 Å². The van der Waals surface area contributed by atoms with E-state index in [0.717, 1.165) is 70.6 Å². The van der Waals surface area contributed by atoms with E-state index < -0.39 is 6.10 Å². The first-order chi connectivity index (χ1) is 33.6. The molecule has 5 nitrogen and oxygen atoms in total. The average molecular weight is 950 g/mol. The fourth-order valence-electron chi connectivity index (χ4n) is 8.37. The van der Waals surface area contributed by atoms with Gasteiger partial charge in [-0.2, -0.15) is 0 Å². The highest BCUT2D eigenvalue weighted by molar-refractivity contribution is 5.70. The predicted octanol–water partition coefficient (Wildman–Crippen LogP) is 20.2. The van der Waals surface area contributed by atoms with Crippen molar-refractivity contribution in [2.75, 3.05) is 19.8 Å². The van der Waals surface area contributed by atoms with Gasteiger partial charge in [-0.3, -0.25) is 9.59 Å². The van der Waals surface area contributed by atoms with E-state index in [1.165, 1.54) is 186 Å². The lowest BCUT2D eigenvalue weighted by molar-refractivity contribution is -0.162. The summed E-state index contributed by atoms with van der Waals surface area (Å²) in [7, 11) is 0. The van der Waals surface area contributed by atoms with Gasteiger partial charge in [0, 0.05) is 19.4 Å². The lowest BCUT2D eigenvalue weighted by atomic mass is 10.0. The number of allylic oxidation sites excluding steroid dienone is 12. The maximum absolute atomic E-state index is 12.8. The van der Waals surface area contributed by atoms with Gasteiger partial charge in [-0.25, -0.2) is 0 Å². The summed E-state index contributed by atoms with van der Waals surface area (Å²) < 4.78 is 17.4. The molecule has 0 radical (unpaired) electrons. The predicted molar refractivity (Wildman–Crippen MR) is 297 cm³/mol. The second-order valence-electron chi connectivity index (χ2n) is 19.5. The number of hydrogen-bond donors (Lipinski definition) is 0. The molecule has 0 saturated carbocycles. The fraction of sp³-hybridized carbons (Fsp3) is 0.778. The number of ether oxygens (including phenoxy) is 3. The minimum absolute atomic E-state index is 0.0627. The van der Waals surface area contributed by atoms with Crippen LogP contribution in [0.25, 0.3) is 0 Å². The zero-order valence-electron chi connectivity index (χ0n) is 45.4. The molecule has 0 aromatic heterocycles. The van der Waals surface area contributed by atoms with Crippen LogP contribution >= 0.6 is 0 Å². The van der Waals surface area contributed by atoms with Crippen LogP contribution in [0, 0.1) is 0 Å². The molecular weight excluding hydrogens is 837 g/mol. The zero-order valence-corrected chi connectivity index (χ0v) is 45.4. The van der Waals surface area contributed by atoms with E-state index in [0.29, 0.717) is 19.4 Å². The molecule has 0 bridgehead atoms. The monoisotopic (exact) mass is 949 g/mol. The number of carbonyl (C=O) groups is 2. The Labute approximate surface area is 423 Å². The van der Waals surface area contributed by atoms with Crippen molar-refractivity contribution in [3.8, 4) is 0 Å². The molecule has 68 heavy (non-hydrogen) atoms. The van der Waals surface area contributed by atoms with Gasteiger partial charge >= 0.3 is 11.9 Å². The Balaban J connectivity index is 4.33. The SMILES string of the molecule is CC/C=C\C/C=C\C/C=C\C/C=C\C/C=C\CCCC(=O)O[C@H](COCCCCCCCCCCCCCCCCCC)COC(=O)CCCCCCCCCCC/C=C\CCCCCCCC. The number of esters is 2. The highest BCUT2D eigenvalue weighted by atomic mass is 16.6. The molecule has 0 unspecified atom stereocenters. The normalized spacial score (nSPS) is 12.7. The second kappa shape index (κ2) is 58.7. The van der Waals surface area contributed by atoms with Crippen molar-refractivity contribution in [3.63, 3.8) is 0 Å². The molecule has 0 fully saturated rings. The Bertz CT molecular complexity index is 1210. The Kier molecular flexibility index (Phi) is 56.4. The summed E-state index contributed by atoms with van der Waals surface area (Å²) in [4.78, 5) is 25.5. The largest absolute Gasteiger partial charge is 0.462 e. The molecule has 1 atom stereocenters. The summed E-state index contributed by atoms with van der Waals surface area (Å²) >= 11 is 0. The topological polar surface area (TPSA) is 61.8 Å². The summed E-state index contributed by atoms with van der Waals surface area (Å²) in [6.07, 6.45) is 76.5. The zero-order chi connectivity index (χ0) is 49.2. The number of carbonyl (C=O) groups excluding carboxylic acids is 2. The molecule has 0 aromatic rings. The van der Waals surface area contributed by atoms with Crippen molar-refractivity contribution >= 4 is 11.9 Å². The molecule has 0 N–H and O–H groups in total. The van der Waals surface area contributed by atoms with Gasteiger partial charge in [0.2, 0.25) is 0 Å². The van der Waals surface area contributed by atoms with E-state index in [1.807, 2.05) is 0 Å². The Morgan fingerprint density at radius 3 is 1.12 bits per heavy atom. The van der Waals surface area contributed by atoms with Crippen molar-refractivity contribution < 1.29 is 23.8 Å². The third-order valence-electron chi connectivity index (χ3n) is 12.7. The van der Waals surface area contributed by atoms with Crippen LogP contribution in [-0.4, -0.2) is 37.9 Å². The first-order valence-corrected chi connectivity index (χ1v) is 29.5. The fourth-order valence-corrected chi connectivity index (χ4v) is 8.37. The van der Waals surface area contributed by atoms with Gasteiger partial charge in [-0.15, -0.1) is 0 Å². The molecule has 0 aliphatic heterocycles. The molecule has 0 rings (SSSR count). The smallest absolute Gasteiger partial charge is 0.306 e. The van der Waals surface area contributed by atoms with Crippen LogP contribution in [0.3, 0.4) is 0 Å². The van der Waals surface area contributed by atoms with E-state index in [-0.39, 0.29) is 25.2 Å². The van der Waals surface area contributed by atoms with Gasteiger partial charge in [-0.05, 0) is 83.5 Å². The van der Waals surface area contributed by atoms with Crippen LogP contribution < -0.4 is 0 Å². The van der Waals surface area contributed by atoms with Crippen molar-refractivity contribution in [2.45, 2.75) is 297 Å².